The smallest absolute Gasteiger partial charge is 0.126 e. The fourth-order valence-corrected chi connectivity index (χ4v) is 1.46. The third-order valence-electron chi connectivity index (χ3n) is 2.32. The number of alkyl halides is 1. The zero-order valence-electron chi connectivity index (χ0n) is 8.98. The van der Waals surface area contributed by atoms with Crippen LogP contribution in [0, 0.1) is 12.7 Å². The van der Waals surface area contributed by atoms with Crippen LogP contribution in [0.5, 0.6) is 0 Å². The summed E-state index contributed by atoms with van der Waals surface area (Å²) in [6.07, 6.45) is 1.74. The van der Waals surface area contributed by atoms with Crippen molar-refractivity contribution in [2.45, 2.75) is 19.2 Å². The minimum Gasteiger partial charge on any atom is -0.220 e. The zero-order valence-corrected chi connectivity index (χ0v) is 9.74. The monoisotopic (exact) mass is 239 g/mol. The van der Waals surface area contributed by atoms with E-state index in [1.54, 1.807) is 29.9 Å². The van der Waals surface area contributed by atoms with Gasteiger partial charge in [-0.15, -0.1) is 16.7 Å². The molecule has 0 bridgehead atoms. The predicted molar refractivity (Wildman–Crippen MR) is 60.3 cm³/mol. The Balaban J connectivity index is 2.39. The lowest BCUT2D eigenvalue weighted by Crippen LogP contribution is -1.96. The fourth-order valence-electron chi connectivity index (χ4n) is 1.36. The van der Waals surface area contributed by atoms with Gasteiger partial charge in [0.2, 0.25) is 0 Å². The molecule has 1 aromatic heterocycles. The summed E-state index contributed by atoms with van der Waals surface area (Å²) < 4.78 is 14.7. The van der Waals surface area contributed by atoms with Crippen molar-refractivity contribution in [1.82, 2.24) is 15.0 Å². The molecule has 0 aliphatic carbocycles. The minimum absolute atomic E-state index is 0.185. The van der Waals surface area contributed by atoms with E-state index in [0.717, 1.165) is 5.69 Å². The van der Waals surface area contributed by atoms with Gasteiger partial charge in [-0.3, -0.25) is 0 Å². The first-order valence-corrected chi connectivity index (χ1v) is 5.34. The van der Waals surface area contributed by atoms with E-state index in [9.17, 15) is 4.39 Å². The molecule has 3 nitrogen and oxygen atoms in total. The highest BCUT2D eigenvalue weighted by Gasteiger charge is 2.08. The Morgan fingerprint density at radius 2 is 2.19 bits per heavy atom. The van der Waals surface area contributed by atoms with Gasteiger partial charge in [0.25, 0.3) is 0 Å². The summed E-state index contributed by atoms with van der Waals surface area (Å²) in [4.78, 5) is 0. The maximum Gasteiger partial charge on any atom is 0.126 e. The molecule has 2 rings (SSSR count). The van der Waals surface area contributed by atoms with Crippen molar-refractivity contribution in [2.75, 3.05) is 0 Å². The molecule has 84 valence electrons. The lowest BCUT2D eigenvalue weighted by Gasteiger charge is -2.02. The topological polar surface area (TPSA) is 30.7 Å². The van der Waals surface area contributed by atoms with Crippen LogP contribution < -0.4 is 0 Å². The van der Waals surface area contributed by atoms with Gasteiger partial charge in [-0.1, -0.05) is 5.21 Å². The van der Waals surface area contributed by atoms with E-state index in [0.29, 0.717) is 11.3 Å². The number of hydrogen-bond donors (Lipinski definition) is 0. The van der Waals surface area contributed by atoms with Gasteiger partial charge < -0.3 is 0 Å². The summed E-state index contributed by atoms with van der Waals surface area (Å²) in [7, 11) is 0. The van der Waals surface area contributed by atoms with Gasteiger partial charge in [-0.05, 0) is 37.6 Å². The highest BCUT2D eigenvalue weighted by atomic mass is 35.5. The second kappa shape index (κ2) is 4.22. The SMILES string of the molecule is Cc1cc(-n2cc(C(C)Cl)nn2)ccc1F. The van der Waals surface area contributed by atoms with Gasteiger partial charge >= 0.3 is 0 Å². The van der Waals surface area contributed by atoms with E-state index in [2.05, 4.69) is 10.3 Å². The number of rotatable bonds is 2. The van der Waals surface area contributed by atoms with Gasteiger partial charge in [-0.2, -0.15) is 0 Å². The first kappa shape index (κ1) is 11.1. The summed E-state index contributed by atoms with van der Waals surface area (Å²) in [6, 6.07) is 4.78. The van der Waals surface area contributed by atoms with Crippen LogP contribution in [0.25, 0.3) is 5.69 Å². The molecule has 0 amide bonds. The average Bonchev–Trinajstić information content (AvgIpc) is 2.71. The second-order valence-electron chi connectivity index (χ2n) is 3.64. The van der Waals surface area contributed by atoms with Crippen LogP contribution in [0.1, 0.15) is 23.6 Å². The summed E-state index contributed by atoms with van der Waals surface area (Å²) in [6.45, 7) is 3.53. The van der Waals surface area contributed by atoms with Crippen LogP contribution in [0.2, 0.25) is 0 Å². The summed E-state index contributed by atoms with van der Waals surface area (Å²) in [5, 5.41) is 7.68. The summed E-state index contributed by atoms with van der Waals surface area (Å²) >= 11 is 5.88. The first-order valence-electron chi connectivity index (χ1n) is 4.91. The Morgan fingerprint density at radius 1 is 1.44 bits per heavy atom. The normalized spacial score (nSPS) is 12.8. The number of hydrogen-bond acceptors (Lipinski definition) is 2. The molecule has 1 heterocycles. The molecule has 2 aromatic rings. The van der Waals surface area contributed by atoms with E-state index < -0.39 is 0 Å². The number of halogens is 2. The molecule has 0 radical (unpaired) electrons. The highest BCUT2D eigenvalue weighted by Crippen LogP contribution is 2.18. The third kappa shape index (κ3) is 2.07. The Labute approximate surface area is 97.8 Å². The van der Waals surface area contributed by atoms with Crippen molar-refractivity contribution in [2.24, 2.45) is 0 Å². The lowest BCUT2D eigenvalue weighted by atomic mass is 10.2. The lowest BCUT2D eigenvalue weighted by molar-refractivity contribution is 0.617. The molecule has 0 spiro atoms. The Hall–Kier alpha value is -1.42. The first-order chi connectivity index (χ1) is 7.58. The number of benzene rings is 1. The van der Waals surface area contributed by atoms with Crippen molar-refractivity contribution in [3.8, 4) is 5.69 Å². The van der Waals surface area contributed by atoms with Gasteiger partial charge in [0, 0.05) is 0 Å². The molecular weight excluding hydrogens is 229 g/mol. The molecule has 1 aromatic carbocycles. The standard InChI is InChI=1S/C11H11ClFN3/c1-7-5-9(3-4-10(7)13)16-6-11(8(2)12)14-15-16/h3-6,8H,1-2H3. The van der Waals surface area contributed by atoms with Crippen LogP contribution in [0.15, 0.2) is 24.4 Å². The van der Waals surface area contributed by atoms with E-state index in [-0.39, 0.29) is 11.2 Å². The molecule has 16 heavy (non-hydrogen) atoms. The Kier molecular flexibility index (Phi) is 2.92. The van der Waals surface area contributed by atoms with Gasteiger partial charge in [-0.25, -0.2) is 9.07 Å². The van der Waals surface area contributed by atoms with Crippen molar-refractivity contribution in [3.05, 3.63) is 41.5 Å². The zero-order chi connectivity index (χ0) is 11.7. The second-order valence-corrected chi connectivity index (χ2v) is 4.29. The maximum absolute atomic E-state index is 13.1. The van der Waals surface area contributed by atoms with E-state index in [1.165, 1.54) is 6.07 Å². The van der Waals surface area contributed by atoms with E-state index >= 15 is 0 Å². The van der Waals surface area contributed by atoms with Crippen molar-refractivity contribution in [3.63, 3.8) is 0 Å². The van der Waals surface area contributed by atoms with Crippen LogP contribution in [0.4, 0.5) is 4.39 Å². The average molecular weight is 240 g/mol. The maximum atomic E-state index is 13.1. The van der Waals surface area contributed by atoms with Crippen LogP contribution in [0.3, 0.4) is 0 Å². The third-order valence-corrected chi connectivity index (χ3v) is 2.55. The van der Waals surface area contributed by atoms with Crippen molar-refractivity contribution >= 4 is 11.6 Å². The van der Waals surface area contributed by atoms with Crippen molar-refractivity contribution < 1.29 is 4.39 Å². The van der Waals surface area contributed by atoms with Crippen molar-refractivity contribution in [1.29, 1.82) is 0 Å². The molecule has 1 atom stereocenters. The molecule has 0 saturated carbocycles. The summed E-state index contributed by atoms with van der Waals surface area (Å²) in [5.41, 5.74) is 2.05. The van der Waals surface area contributed by atoms with E-state index in [1.807, 2.05) is 6.92 Å². The van der Waals surface area contributed by atoms with E-state index in [4.69, 9.17) is 11.6 Å². The molecule has 0 saturated heterocycles. The summed E-state index contributed by atoms with van der Waals surface area (Å²) in [5.74, 6) is -0.227. The molecular formula is C11H11ClFN3. The van der Waals surface area contributed by atoms with Gasteiger partial charge in [0.05, 0.1) is 17.3 Å². The van der Waals surface area contributed by atoms with Gasteiger partial charge in [0.15, 0.2) is 0 Å². The van der Waals surface area contributed by atoms with Gasteiger partial charge in [0.1, 0.15) is 11.5 Å². The van der Waals surface area contributed by atoms with Crippen LogP contribution >= 0.6 is 11.6 Å². The predicted octanol–water partition coefficient (Wildman–Crippen LogP) is 3.01. The van der Waals surface area contributed by atoms with Crippen LogP contribution in [-0.2, 0) is 0 Å². The number of nitrogens with zero attached hydrogens (tertiary/aromatic N) is 3. The largest absolute Gasteiger partial charge is 0.220 e. The molecule has 1 unspecified atom stereocenters. The number of aryl methyl sites for hydroxylation is 1. The fraction of sp³-hybridized carbons (Fsp3) is 0.273. The molecule has 0 N–H and O–H groups in total. The Bertz CT molecular complexity index is 508. The minimum atomic E-state index is -0.227. The molecule has 5 heteroatoms. The highest BCUT2D eigenvalue weighted by molar-refractivity contribution is 6.20. The van der Waals surface area contributed by atoms with Crippen LogP contribution in [-0.4, -0.2) is 15.0 Å². The molecule has 0 aliphatic heterocycles. The molecule has 0 fully saturated rings. The quantitative estimate of drug-likeness (QED) is 0.755. The Morgan fingerprint density at radius 3 is 2.75 bits per heavy atom. The number of aromatic nitrogens is 3. The molecule has 0 aliphatic rings.